The first-order chi connectivity index (χ1) is 5.24. The Morgan fingerprint density at radius 2 is 1.91 bits per heavy atom. The second-order valence-electron chi connectivity index (χ2n) is 2.32. The predicted octanol–water partition coefficient (Wildman–Crippen LogP) is 1.84. The third-order valence-corrected chi connectivity index (χ3v) is 2.01. The van der Waals surface area contributed by atoms with Gasteiger partial charge in [0.1, 0.15) is 6.73 Å². The lowest BCUT2D eigenvalue weighted by Crippen LogP contribution is -2.17. The lowest BCUT2D eigenvalue weighted by molar-refractivity contribution is 0.298. The number of rotatable bonds is 2. The van der Waals surface area contributed by atoms with Gasteiger partial charge < -0.3 is 10.0 Å². The molecule has 0 radical (unpaired) electrons. The number of halogens is 1. The highest BCUT2D eigenvalue weighted by Crippen LogP contribution is 2.16. The van der Waals surface area contributed by atoms with Gasteiger partial charge in [-0.15, -0.1) is 0 Å². The van der Waals surface area contributed by atoms with Crippen LogP contribution < -0.4 is 4.90 Å². The topological polar surface area (TPSA) is 23.5 Å². The van der Waals surface area contributed by atoms with Crippen molar-refractivity contribution in [3.05, 3.63) is 28.7 Å². The fraction of sp³-hybridized carbons (Fsp3) is 0.250. The Bertz CT molecular complexity index is 222. The fourth-order valence-corrected chi connectivity index (χ4v) is 1.04. The van der Waals surface area contributed by atoms with Crippen molar-refractivity contribution in [1.82, 2.24) is 0 Å². The molecule has 0 saturated carbocycles. The molecular formula is C8H10BrNO. The van der Waals surface area contributed by atoms with E-state index in [1.807, 2.05) is 31.3 Å². The van der Waals surface area contributed by atoms with Crippen LogP contribution in [0.1, 0.15) is 0 Å². The first kappa shape index (κ1) is 8.56. The van der Waals surface area contributed by atoms with Gasteiger partial charge in [-0.05, 0) is 24.3 Å². The normalized spacial score (nSPS) is 9.73. The van der Waals surface area contributed by atoms with Crippen molar-refractivity contribution in [2.75, 3.05) is 18.7 Å². The number of hydrogen-bond donors (Lipinski definition) is 1. The fourth-order valence-electron chi connectivity index (χ4n) is 0.777. The molecule has 0 heterocycles. The van der Waals surface area contributed by atoms with Crippen molar-refractivity contribution in [1.29, 1.82) is 0 Å². The van der Waals surface area contributed by atoms with Crippen LogP contribution in [0.5, 0.6) is 0 Å². The molecule has 0 aliphatic rings. The van der Waals surface area contributed by atoms with Crippen LogP contribution in [0, 0.1) is 0 Å². The van der Waals surface area contributed by atoms with Gasteiger partial charge in [0.25, 0.3) is 0 Å². The van der Waals surface area contributed by atoms with Crippen molar-refractivity contribution >= 4 is 21.6 Å². The third-order valence-electron chi connectivity index (χ3n) is 1.48. The van der Waals surface area contributed by atoms with Crippen molar-refractivity contribution in [3.63, 3.8) is 0 Å². The first-order valence-electron chi connectivity index (χ1n) is 3.31. The van der Waals surface area contributed by atoms with Gasteiger partial charge in [0.05, 0.1) is 0 Å². The molecule has 0 spiro atoms. The summed E-state index contributed by atoms with van der Waals surface area (Å²) in [4.78, 5) is 1.76. The maximum Gasteiger partial charge on any atom is 0.115 e. The lowest BCUT2D eigenvalue weighted by Gasteiger charge is -2.14. The highest BCUT2D eigenvalue weighted by Gasteiger charge is 1.96. The van der Waals surface area contributed by atoms with Gasteiger partial charge >= 0.3 is 0 Å². The van der Waals surface area contributed by atoms with Gasteiger partial charge in [0, 0.05) is 17.2 Å². The molecule has 0 bridgehead atoms. The number of hydrogen-bond acceptors (Lipinski definition) is 2. The minimum Gasteiger partial charge on any atom is -0.376 e. The molecule has 0 aromatic heterocycles. The van der Waals surface area contributed by atoms with Crippen LogP contribution in [-0.4, -0.2) is 18.9 Å². The minimum atomic E-state index is 0.0433. The molecule has 1 rings (SSSR count). The van der Waals surface area contributed by atoms with Crippen molar-refractivity contribution in [2.45, 2.75) is 0 Å². The SMILES string of the molecule is CN(CO)c1ccc(Br)cc1. The zero-order chi connectivity index (χ0) is 8.27. The van der Waals surface area contributed by atoms with Gasteiger partial charge in [0.2, 0.25) is 0 Å². The largest absolute Gasteiger partial charge is 0.376 e. The molecule has 0 fully saturated rings. The molecule has 1 N–H and O–H groups in total. The molecule has 0 aliphatic heterocycles. The van der Waals surface area contributed by atoms with Crippen LogP contribution in [0.25, 0.3) is 0 Å². The van der Waals surface area contributed by atoms with E-state index in [0.29, 0.717) is 0 Å². The van der Waals surface area contributed by atoms with E-state index in [1.165, 1.54) is 0 Å². The van der Waals surface area contributed by atoms with E-state index < -0.39 is 0 Å². The standard InChI is InChI=1S/C8H10BrNO/c1-10(6-11)8-4-2-7(9)3-5-8/h2-5,11H,6H2,1H3. The Kier molecular flexibility index (Phi) is 2.91. The Balaban J connectivity index is 2.81. The number of benzene rings is 1. The summed E-state index contributed by atoms with van der Waals surface area (Å²) in [6.45, 7) is 0.0433. The average Bonchev–Trinajstić information content (AvgIpc) is 2.05. The summed E-state index contributed by atoms with van der Waals surface area (Å²) in [6.07, 6.45) is 0. The van der Waals surface area contributed by atoms with Gasteiger partial charge in [-0.2, -0.15) is 0 Å². The Morgan fingerprint density at radius 3 is 2.36 bits per heavy atom. The molecule has 0 atom stereocenters. The van der Waals surface area contributed by atoms with Crippen LogP contribution in [0.3, 0.4) is 0 Å². The van der Waals surface area contributed by atoms with E-state index in [9.17, 15) is 0 Å². The van der Waals surface area contributed by atoms with Crippen LogP contribution >= 0.6 is 15.9 Å². The van der Waals surface area contributed by atoms with E-state index >= 15 is 0 Å². The molecular weight excluding hydrogens is 206 g/mol. The summed E-state index contributed by atoms with van der Waals surface area (Å²) in [7, 11) is 1.84. The van der Waals surface area contributed by atoms with Gasteiger partial charge in [0.15, 0.2) is 0 Å². The van der Waals surface area contributed by atoms with Crippen LogP contribution in [0.15, 0.2) is 28.7 Å². The molecule has 11 heavy (non-hydrogen) atoms. The Hall–Kier alpha value is -0.540. The maximum atomic E-state index is 8.77. The lowest BCUT2D eigenvalue weighted by atomic mass is 10.3. The molecule has 0 unspecified atom stereocenters. The molecule has 0 saturated heterocycles. The number of anilines is 1. The quantitative estimate of drug-likeness (QED) is 0.762. The second kappa shape index (κ2) is 3.74. The summed E-state index contributed by atoms with van der Waals surface area (Å²) < 4.78 is 1.05. The van der Waals surface area contributed by atoms with E-state index in [1.54, 1.807) is 4.90 Å². The molecule has 1 aromatic carbocycles. The summed E-state index contributed by atoms with van der Waals surface area (Å²) in [5.74, 6) is 0. The highest BCUT2D eigenvalue weighted by atomic mass is 79.9. The predicted molar refractivity (Wildman–Crippen MR) is 49.6 cm³/mol. The van der Waals surface area contributed by atoms with E-state index in [0.717, 1.165) is 10.2 Å². The third kappa shape index (κ3) is 2.20. The smallest absolute Gasteiger partial charge is 0.115 e. The van der Waals surface area contributed by atoms with E-state index in [2.05, 4.69) is 15.9 Å². The summed E-state index contributed by atoms with van der Waals surface area (Å²) >= 11 is 3.34. The van der Waals surface area contributed by atoms with Crippen LogP contribution in [0.4, 0.5) is 5.69 Å². The highest BCUT2D eigenvalue weighted by molar-refractivity contribution is 9.10. The summed E-state index contributed by atoms with van der Waals surface area (Å²) in [5, 5.41) is 8.77. The van der Waals surface area contributed by atoms with Gasteiger partial charge in [-0.25, -0.2) is 0 Å². The molecule has 3 heteroatoms. The van der Waals surface area contributed by atoms with Gasteiger partial charge in [-0.1, -0.05) is 15.9 Å². The van der Waals surface area contributed by atoms with Crippen LogP contribution in [-0.2, 0) is 0 Å². The summed E-state index contributed by atoms with van der Waals surface area (Å²) in [5.41, 5.74) is 1.01. The number of aliphatic hydroxyl groups is 1. The minimum absolute atomic E-state index is 0.0433. The van der Waals surface area contributed by atoms with Crippen molar-refractivity contribution < 1.29 is 5.11 Å². The molecule has 0 aliphatic carbocycles. The Morgan fingerprint density at radius 1 is 1.36 bits per heavy atom. The monoisotopic (exact) mass is 215 g/mol. The second-order valence-corrected chi connectivity index (χ2v) is 3.23. The van der Waals surface area contributed by atoms with Crippen molar-refractivity contribution in [3.8, 4) is 0 Å². The zero-order valence-corrected chi connectivity index (χ0v) is 7.87. The summed E-state index contributed by atoms with van der Waals surface area (Å²) in [6, 6.07) is 7.78. The first-order valence-corrected chi connectivity index (χ1v) is 4.11. The van der Waals surface area contributed by atoms with Crippen molar-refractivity contribution in [2.24, 2.45) is 0 Å². The number of nitrogens with zero attached hydrogens (tertiary/aromatic N) is 1. The number of aliphatic hydroxyl groups excluding tert-OH is 1. The molecule has 0 amide bonds. The maximum absolute atomic E-state index is 8.77. The van der Waals surface area contributed by atoms with E-state index in [-0.39, 0.29) is 6.73 Å². The van der Waals surface area contributed by atoms with E-state index in [4.69, 9.17) is 5.11 Å². The van der Waals surface area contributed by atoms with Gasteiger partial charge in [-0.3, -0.25) is 0 Å². The molecule has 2 nitrogen and oxygen atoms in total. The zero-order valence-electron chi connectivity index (χ0n) is 6.29. The average molecular weight is 216 g/mol. The van der Waals surface area contributed by atoms with Crippen LogP contribution in [0.2, 0.25) is 0 Å². The molecule has 1 aromatic rings. The molecule has 60 valence electrons. The Labute approximate surface area is 74.6 Å².